The molecular weight excluding hydrogens is 419 g/mol. The zero-order valence-corrected chi connectivity index (χ0v) is 16.8. The number of nitrogens with zero attached hydrogens (tertiary/aromatic N) is 1. The van der Waals surface area contributed by atoms with E-state index in [1.165, 1.54) is 5.56 Å². The van der Waals surface area contributed by atoms with Gasteiger partial charge in [-0.05, 0) is 11.6 Å². The first-order valence-corrected chi connectivity index (χ1v) is 8.07. The molecule has 1 atom stereocenters. The van der Waals surface area contributed by atoms with E-state index in [4.69, 9.17) is 4.74 Å². The number of ether oxygens (including phenoxy) is 1. The molecule has 0 radical (unpaired) electrons. The largest absolute Gasteiger partial charge is 0.488 e. The van der Waals surface area contributed by atoms with E-state index in [2.05, 4.69) is 27.0 Å². The van der Waals surface area contributed by atoms with Crippen LogP contribution in [0.2, 0.25) is 0 Å². The van der Waals surface area contributed by atoms with Crippen LogP contribution in [0.3, 0.4) is 0 Å². The topological polar surface area (TPSA) is 74.8 Å². The van der Waals surface area contributed by atoms with Crippen LogP contribution >= 0.6 is 24.0 Å². The average Bonchev–Trinajstić information content (AvgIpc) is 2.96. The van der Waals surface area contributed by atoms with Crippen molar-refractivity contribution in [3.8, 4) is 5.75 Å². The number of benzene rings is 1. The van der Waals surface area contributed by atoms with Gasteiger partial charge in [-0.25, -0.2) is 0 Å². The number of hydrogen-bond acceptors (Lipinski definition) is 3. The number of nitrogens with one attached hydrogen (secondary N) is 3. The second kappa shape index (κ2) is 10.4. The zero-order chi connectivity index (χ0) is 16.7. The van der Waals surface area contributed by atoms with Gasteiger partial charge in [-0.2, -0.15) is 0 Å². The van der Waals surface area contributed by atoms with Crippen LogP contribution in [0.25, 0.3) is 0 Å². The molecule has 0 saturated carbocycles. The van der Waals surface area contributed by atoms with Crippen molar-refractivity contribution in [2.45, 2.75) is 26.4 Å². The maximum absolute atomic E-state index is 11.5. The molecule has 24 heavy (non-hydrogen) atoms. The van der Waals surface area contributed by atoms with Crippen LogP contribution in [0.5, 0.6) is 5.75 Å². The summed E-state index contributed by atoms with van der Waals surface area (Å²) in [6.07, 6.45) is 1.02. The summed E-state index contributed by atoms with van der Waals surface area (Å²) in [5.41, 5.74) is 1.25. The maximum atomic E-state index is 11.5. The lowest BCUT2D eigenvalue weighted by atomic mass is 10.1. The highest BCUT2D eigenvalue weighted by Crippen LogP contribution is 2.27. The van der Waals surface area contributed by atoms with Crippen LogP contribution in [0.4, 0.5) is 0 Å². The number of carbonyl (C=O) groups is 1. The number of carbonyl (C=O) groups excluding carboxylic acids is 1. The summed E-state index contributed by atoms with van der Waals surface area (Å²) in [6.45, 7) is 5.64. The smallest absolute Gasteiger partial charge is 0.222 e. The normalized spacial score (nSPS) is 16.0. The highest BCUT2D eigenvalue weighted by molar-refractivity contribution is 14.0. The van der Waals surface area contributed by atoms with Gasteiger partial charge in [-0.3, -0.25) is 9.79 Å². The van der Waals surface area contributed by atoms with E-state index in [1.807, 2.05) is 32.0 Å². The van der Waals surface area contributed by atoms with Crippen LogP contribution < -0.4 is 20.7 Å². The zero-order valence-electron chi connectivity index (χ0n) is 14.5. The fourth-order valence-corrected chi connectivity index (χ4v) is 2.37. The monoisotopic (exact) mass is 446 g/mol. The predicted molar refractivity (Wildman–Crippen MR) is 107 cm³/mol. The van der Waals surface area contributed by atoms with Crippen molar-refractivity contribution in [3.63, 3.8) is 0 Å². The second-order valence-electron chi connectivity index (χ2n) is 5.88. The number of fused-ring (bicyclic) bond motifs is 1. The van der Waals surface area contributed by atoms with Gasteiger partial charge in [0.05, 0.1) is 6.54 Å². The standard InChI is InChI=1S/C17H26N4O2.HI/c1-12(2)16(22)19-8-9-20-17(18-3)21-11-14-10-13-6-4-5-7-15(13)23-14;/h4-7,12,14H,8-11H2,1-3H3,(H,19,22)(H2,18,20,21);1H. The number of amides is 1. The molecule has 1 aliphatic rings. The van der Waals surface area contributed by atoms with Crippen molar-refractivity contribution in [2.75, 3.05) is 26.7 Å². The Morgan fingerprint density at radius 3 is 2.62 bits per heavy atom. The summed E-state index contributed by atoms with van der Waals surface area (Å²) in [5, 5.41) is 9.30. The highest BCUT2D eigenvalue weighted by atomic mass is 127. The first-order chi connectivity index (χ1) is 11.1. The lowest BCUT2D eigenvalue weighted by molar-refractivity contribution is -0.123. The molecule has 0 spiro atoms. The van der Waals surface area contributed by atoms with E-state index in [1.54, 1.807) is 7.05 Å². The Bertz CT molecular complexity index is 538. The molecule has 6 nitrogen and oxygen atoms in total. The summed E-state index contributed by atoms with van der Waals surface area (Å²) in [6, 6.07) is 8.12. The minimum atomic E-state index is 0. The van der Waals surface area contributed by atoms with Gasteiger partial charge in [0.15, 0.2) is 5.96 Å². The molecule has 2 rings (SSSR count). The van der Waals surface area contributed by atoms with Crippen LogP contribution in [-0.2, 0) is 11.2 Å². The van der Waals surface area contributed by atoms with Crippen molar-refractivity contribution in [1.29, 1.82) is 0 Å². The summed E-state index contributed by atoms with van der Waals surface area (Å²) < 4.78 is 5.88. The molecule has 3 N–H and O–H groups in total. The Hall–Kier alpha value is -1.51. The third kappa shape index (κ3) is 6.18. The van der Waals surface area contributed by atoms with Crippen LogP contribution in [0.15, 0.2) is 29.3 Å². The molecule has 1 heterocycles. The van der Waals surface area contributed by atoms with Gasteiger partial charge in [0.1, 0.15) is 11.9 Å². The van der Waals surface area contributed by atoms with Crippen LogP contribution in [-0.4, -0.2) is 44.7 Å². The SMILES string of the molecule is CN=C(NCCNC(=O)C(C)C)NCC1Cc2ccccc2O1.I. The molecule has 7 heteroatoms. The molecular formula is C17H27IN4O2. The summed E-state index contributed by atoms with van der Waals surface area (Å²) in [7, 11) is 1.73. The van der Waals surface area contributed by atoms with Gasteiger partial charge in [-0.1, -0.05) is 32.0 Å². The lowest BCUT2D eigenvalue weighted by Gasteiger charge is -2.16. The van der Waals surface area contributed by atoms with Gasteiger partial charge < -0.3 is 20.7 Å². The Balaban J connectivity index is 0.00000288. The van der Waals surface area contributed by atoms with Gasteiger partial charge in [0, 0.05) is 32.5 Å². The minimum absolute atomic E-state index is 0. The van der Waals surface area contributed by atoms with Gasteiger partial charge in [0.25, 0.3) is 0 Å². The summed E-state index contributed by atoms with van der Waals surface area (Å²) in [4.78, 5) is 15.6. The Labute approximate surface area is 160 Å². The Morgan fingerprint density at radius 2 is 1.96 bits per heavy atom. The lowest BCUT2D eigenvalue weighted by Crippen LogP contribution is -2.45. The number of rotatable bonds is 6. The number of hydrogen-bond donors (Lipinski definition) is 3. The van der Waals surface area contributed by atoms with Crippen molar-refractivity contribution >= 4 is 35.8 Å². The first-order valence-electron chi connectivity index (χ1n) is 8.07. The first kappa shape index (κ1) is 20.5. The molecule has 0 fully saturated rings. The molecule has 1 aromatic carbocycles. The summed E-state index contributed by atoms with van der Waals surface area (Å²) >= 11 is 0. The molecule has 0 aromatic heterocycles. The van der Waals surface area contributed by atoms with E-state index in [9.17, 15) is 4.79 Å². The molecule has 1 unspecified atom stereocenters. The molecule has 1 amide bonds. The second-order valence-corrected chi connectivity index (χ2v) is 5.88. The highest BCUT2D eigenvalue weighted by Gasteiger charge is 2.22. The van der Waals surface area contributed by atoms with Crippen LogP contribution in [0, 0.1) is 5.92 Å². The minimum Gasteiger partial charge on any atom is -0.488 e. The van der Waals surface area contributed by atoms with Crippen LogP contribution in [0.1, 0.15) is 19.4 Å². The van der Waals surface area contributed by atoms with Gasteiger partial charge >= 0.3 is 0 Å². The van der Waals surface area contributed by atoms with Crippen molar-refractivity contribution < 1.29 is 9.53 Å². The Morgan fingerprint density at radius 1 is 1.25 bits per heavy atom. The van der Waals surface area contributed by atoms with Crippen molar-refractivity contribution in [1.82, 2.24) is 16.0 Å². The van der Waals surface area contributed by atoms with E-state index < -0.39 is 0 Å². The van der Waals surface area contributed by atoms with E-state index in [0.717, 1.165) is 12.2 Å². The third-order valence-electron chi connectivity index (χ3n) is 3.68. The number of aliphatic imine (C=N–C) groups is 1. The molecule has 0 saturated heterocycles. The molecule has 0 bridgehead atoms. The number of para-hydroxylation sites is 1. The molecule has 134 valence electrons. The predicted octanol–water partition coefficient (Wildman–Crippen LogP) is 1.55. The quantitative estimate of drug-likeness (QED) is 0.268. The Kier molecular flexibility index (Phi) is 8.88. The fraction of sp³-hybridized carbons (Fsp3) is 0.529. The molecule has 1 aliphatic heterocycles. The van der Waals surface area contributed by atoms with E-state index in [-0.39, 0.29) is 41.9 Å². The number of guanidine groups is 1. The van der Waals surface area contributed by atoms with Crippen molar-refractivity contribution in [2.24, 2.45) is 10.9 Å². The van der Waals surface area contributed by atoms with Gasteiger partial charge in [-0.15, -0.1) is 24.0 Å². The number of halogens is 1. The maximum Gasteiger partial charge on any atom is 0.222 e. The van der Waals surface area contributed by atoms with E-state index in [0.29, 0.717) is 25.6 Å². The van der Waals surface area contributed by atoms with Gasteiger partial charge in [0.2, 0.25) is 5.91 Å². The summed E-state index contributed by atoms with van der Waals surface area (Å²) in [5.74, 6) is 1.75. The molecule has 0 aliphatic carbocycles. The van der Waals surface area contributed by atoms with Crippen molar-refractivity contribution in [3.05, 3.63) is 29.8 Å². The van der Waals surface area contributed by atoms with E-state index >= 15 is 0 Å². The average molecular weight is 446 g/mol. The molecule has 1 aromatic rings. The third-order valence-corrected chi connectivity index (χ3v) is 3.68. The fourth-order valence-electron chi connectivity index (χ4n) is 2.37.